The predicted octanol–water partition coefficient (Wildman–Crippen LogP) is 0.154. The Labute approximate surface area is 118 Å². The number of nitrogens with one attached hydrogen (secondary N) is 1. The van der Waals surface area contributed by atoms with E-state index in [2.05, 4.69) is 5.32 Å². The summed E-state index contributed by atoms with van der Waals surface area (Å²) >= 11 is 0. The van der Waals surface area contributed by atoms with E-state index in [1.165, 1.54) is 0 Å². The number of piperidine rings is 1. The zero-order chi connectivity index (χ0) is 14.5. The van der Waals surface area contributed by atoms with E-state index < -0.39 is 17.9 Å². The van der Waals surface area contributed by atoms with Crippen LogP contribution in [0.3, 0.4) is 0 Å². The number of likely N-dealkylation sites (tertiary alicyclic amines) is 1. The first kappa shape index (κ1) is 15.1. The molecule has 0 aromatic rings. The molecule has 7 heteroatoms. The molecule has 7 nitrogen and oxygen atoms in total. The third-order valence-electron chi connectivity index (χ3n) is 3.92. The highest BCUT2D eigenvalue weighted by Gasteiger charge is 2.36. The maximum absolute atomic E-state index is 12.2. The number of carboxylic acid groups (broad SMARTS) is 1. The van der Waals surface area contributed by atoms with E-state index >= 15 is 0 Å². The second kappa shape index (κ2) is 6.90. The summed E-state index contributed by atoms with van der Waals surface area (Å²) < 4.78 is 10.3. The van der Waals surface area contributed by atoms with Gasteiger partial charge in [-0.1, -0.05) is 0 Å². The number of hydrogen-bond acceptors (Lipinski definition) is 4. The second-order valence-corrected chi connectivity index (χ2v) is 5.45. The van der Waals surface area contributed by atoms with Gasteiger partial charge in [0.25, 0.3) is 0 Å². The van der Waals surface area contributed by atoms with Gasteiger partial charge in [-0.2, -0.15) is 0 Å². The molecule has 2 fully saturated rings. The molecule has 2 aliphatic heterocycles. The lowest BCUT2D eigenvalue weighted by atomic mass is 9.99. The molecule has 0 saturated carbocycles. The van der Waals surface area contributed by atoms with Gasteiger partial charge >= 0.3 is 12.0 Å². The number of nitrogens with zero attached hydrogens (tertiary/aromatic N) is 1. The van der Waals surface area contributed by atoms with E-state index in [4.69, 9.17) is 14.6 Å². The normalized spacial score (nSPS) is 30.2. The molecular weight excluding hydrogens is 264 g/mol. The first-order chi connectivity index (χ1) is 9.61. The molecule has 2 rings (SSSR count). The van der Waals surface area contributed by atoms with E-state index in [1.54, 1.807) is 12.0 Å². The number of methoxy groups -OCH3 is 1. The van der Waals surface area contributed by atoms with E-state index in [-0.39, 0.29) is 19.2 Å². The summed E-state index contributed by atoms with van der Waals surface area (Å²) in [5.41, 5.74) is 0. The van der Waals surface area contributed by atoms with Crippen LogP contribution in [0.15, 0.2) is 0 Å². The summed E-state index contributed by atoms with van der Waals surface area (Å²) in [4.78, 5) is 25.0. The third kappa shape index (κ3) is 3.61. The van der Waals surface area contributed by atoms with Crippen LogP contribution in [0.4, 0.5) is 4.79 Å². The number of rotatable bonds is 4. The fourth-order valence-electron chi connectivity index (χ4n) is 2.81. The van der Waals surface area contributed by atoms with Crippen molar-refractivity contribution in [2.45, 2.75) is 18.9 Å². The fourth-order valence-corrected chi connectivity index (χ4v) is 2.81. The average Bonchev–Trinajstić information content (AvgIpc) is 2.88. The van der Waals surface area contributed by atoms with Crippen molar-refractivity contribution in [1.82, 2.24) is 10.2 Å². The summed E-state index contributed by atoms with van der Waals surface area (Å²) in [6.07, 6.45) is 2.01. The van der Waals surface area contributed by atoms with Gasteiger partial charge in [0, 0.05) is 26.1 Å². The van der Waals surface area contributed by atoms with Gasteiger partial charge in [-0.3, -0.25) is 4.79 Å². The zero-order valence-corrected chi connectivity index (χ0v) is 11.7. The second-order valence-electron chi connectivity index (χ2n) is 5.45. The summed E-state index contributed by atoms with van der Waals surface area (Å²) in [6.45, 7) is 2.43. The van der Waals surface area contributed by atoms with Crippen molar-refractivity contribution in [3.8, 4) is 0 Å². The molecule has 2 heterocycles. The molecule has 20 heavy (non-hydrogen) atoms. The third-order valence-corrected chi connectivity index (χ3v) is 3.92. The Morgan fingerprint density at radius 3 is 2.95 bits per heavy atom. The summed E-state index contributed by atoms with van der Waals surface area (Å²) in [5, 5.41) is 11.8. The average molecular weight is 286 g/mol. The Balaban J connectivity index is 1.86. The van der Waals surface area contributed by atoms with E-state index in [1.807, 2.05) is 0 Å². The molecule has 0 bridgehead atoms. The van der Waals surface area contributed by atoms with E-state index in [9.17, 15) is 9.59 Å². The monoisotopic (exact) mass is 286 g/mol. The Morgan fingerprint density at radius 1 is 1.45 bits per heavy atom. The Hall–Kier alpha value is -1.34. The highest BCUT2D eigenvalue weighted by molar-refractivity contribution is 5.77. The Kier molecular flexibility index (Phi) is 5.19. The van der Waals surface area contributed by atoms with Crippen LogP contribution in [-0.2, 0) is 14.3 Å². The fraction of sp³-hybridized carbons (Fsp3) is 0.846. The van der Waals surface area contributed by atoms with Gasteiger partial charge in [-0.15, -0.1) is 0 Å². The van der Waals surface area contributed by atoms with E-state index in [0.717, 1.165) is 12.8 Å². The van der Waals surface area contributed by atoms with Gasteiger partial charge in [0.15, 0.2) is 0 Å². The molecule has 2 saturated heterocycles. The number of amides is 2. The van der Waals surface area contributed by atoms with Gasteiger partial charge in [0.1, 0.15) is 5.92 Å². The molecule has 2 aliphatic rings. The molecule has 2 N–H and O–H groups in total. The smallest absolute Gasteiger partial charge is 0.317 e. The topological polar surface area (TPSA) is 88.1 Å². The van der Waals surface area contributed by atoms with Gasteiger partial charge in [0.2, 0.25) is 0 Å². The minimum Gasteiger partial charge on any atom is -0.481 e. The SMILES string of the molecule is COCC1CCCN(C(=O)NC2COCC2C(=O)O)C1. The summed E-state index contributed by atoms with van der Waals surface area (Å²) in [6, 6.07) is -0.643. The molecule has 0 spiro atoms. The van der Waals surface area contributed by atoms with Gasteiger partial charge < -0.3 is 24.8 Å². The first-order valence-electron chi connectivity index (χ1n) is 6.96. The molecule has 0 aromatic carbocycles. The molecule has 2 amide bonds. The van der Waals surface area contributed by atoms with Crippen LogP contribution < -0.4 is 5.32 Å². The number of aliphatic carboxylic acids is 1. The van der Waals surface area contributed by atoms with Gasteiger partial charge in [-0.25, -0.2) is 4.79 Å². The van der Waals surface area contributed by atoms with Crippen LogP contribution in [-0.4, -0.2) is 68.1 Å². The van der Waals surface area contributed by atoms with Crippen molar-refractivity contribution in [2.75, 3.05) is 40.0 Å². The van der Waals surface area contributed by atoms with Crippen molar-refractivity contribution in [1.29, 1.82) is 0 Å². The van der Waals surface area contributed by atoms with Crippen molar-refractivity contribution >= 4 is 12.0 Å². The number of ether oxygens (including phenoxy) is 2. The molecule has 3 atom stereocenters. The van der Waals surface area contributed by atoms with E-state index in [0.29, 0.717) is 25.6 Å². The minimum absolute atomic E-state index is 0.159. The molecule has 0 aromatic heterocycles. The lowest BCUT2D eigenvalue weighted by Gasteiger charge is -2.33. The van der Waals surface area contributed by atoms with Crippen molar-refractivity contribution in [3.05, 3.63) is 0 Å². The molecule has 0 radical (unpaired) electrons. The van der Waals surface area contributed by atoms with Crippen LogP contribution in [0.5, 0.6) is 0 Å². The van der Waals surface area contributed by atoms with Crippen LogP contribution in [0.1, 0.15) is 12.8 Å². The number of carbonyl (C=O) groups excluding carboxylic acids is 1. The highest BCUT2D eigenvalue weighted by Crippen LogP contribution is 2.18. The molecule has 114 valence electrons. The zero-order valence-electron chi connectivity index (χ0n) is 11.7. The predicted molar refractivity (Wildman–Crippen MR) is 70.4 cm³/mol. The van der Waals surface area contributed by atoms with Gasteiger partial charge in [0.05, 0.1) is 25.9 Å². The summed E-state index contributed by atoms with van der Waals surface area (Å²) in [7, 11) is 1.66. The van der Waals surface area contributed by atoms with Crippen molar-refractivity contribution < 1.29 is 24.2 Å². The van der Waals surface area contributed by atoms with Crippen molar-refractivity contribution in [3.63, 3.8) is 0 Å². The van der Waals surface area contributed by atoms with Crippen LogP contribution in [0.2, 0.25) is 0 Å². The standard InChI is InChI=1S/C13H22N2O5/c1-19-6-9-3-2-4-15(5-9)13(18)14-11-8-20-7-10(11)12(16)17/h9-11H,2-8H2,1H3,(H,14,18)(H,16,17). The lowest BCUT2D eigenvalue weighted by Crippen LogP contribution is -2.51. The Bertz CT molecular complexity index is 361. The molecule has 0 aliphatic carbocycles. The molecule has 3 unspecified atom stereocenters. The maximum atomic E-state index is 12.2. The number of urea groups is 1. The Morgan fingerprint density at radius 2 is 2.25 bits per heavy atom. The number of carboxylic acids is 1. The van der Waals surface area contributed by atoms with Crippen molar-refractivity contribution in [2.24, 2.45) is 11.8 Å². The minimum atomic E-state index is -0.927. The first-order valence-corrected chi connectivity index (χ1v) is 6.96. The van der Waals surface area contributed by atoms with Crippen LogP contribution >= 0.6 is 0 Å². The number of hydrogen-bond donors (Lipinski definition) is 2. The summed E-state index contributed by atoms with van der Waals surface area (Å²) in [5.74, 6) is -1.23. The maximum Gasteiger partial charge on any atom is 0.317 e. The number of carbonyl (C=O) groups is 2. The van der Waals surface area contributed by atoms with Gasteiger partial charge in [-0.05, 0) is 12.8 Å². The highest BCUT2D eigenvalue weighted by atomic mass is 16.5. The quantitative estimate of drug-likeness (QED) is 0.768. The largest absolute Gasteiger partial charge is 0.481 e. The van der Waals surface area contributed by atoms with Crippen LogP contribution in [0, 0.1) is 11.8 Å². The lowest BCUT2D eigenvalue weighted by molar-refractivity contribution is -0.142. The van der Waals surface area contributed by atoms with Crippen LogP contribution in [0.25, 0.3) is 0 Å². The molecular formula is C13H22N2O5.